The lowest BCUT2D eigenvalue weighted by Gasteiger charge is -2.36. The Labute approximate surface area is 229 Å². The second kappa shape index (κ2) is 10.5. The molecule has 8 nitrogen and oxygen atoms in total. The van der Waals surface area contributed by atoms with E-state index in [-0.39, 0.29) is 5.91 Å². The van der Waals surface area contributed by atoms with Crippen molar-refractivity contribution < 1.29 is 9.53 Å². The van der Waals surface area contributed by atoms with E-state index < -0.39 is 5.60 Å². The number of aryl methyl sites for hydroxylation is 1. The molecule has 1 amide bonds. The van der Waals surface area contributed by atoms with Gasteiger partial charge in [-0.25, -0.2) is 0 Å². The number of amides is 1. The normalized spacial score (nSPS) is 15.7. The van der Waals surface area contributed by atoms with Crippen molar-refractivity contribution in [1.29, 1.82) is 0 Å². The standard InChI is InChI=1S/C31H34N6O2/c1-31(2)25-20-34-37(21-23-10-6-7-13-33-23)30(25)24-18-26(35-29(38)12-11-22-8-4-3-5-9-22)27(19-28(24)39-31)36-16-14-32-15-17-36/h3-10,13,18-20,32H,11-12,14-17,21H2,1-2H3,(H,35,38). The van der Waals surface area contributed by atoms with E-state index in [0.29, 0.717) is 19.4 Å². The zero-order valence-corrected chi connectivity index (χ0v) is 22.5. The Morgan fingerprint density at radius 2 is 1.87 bits per heavy atom. The zero-order valence-electron chi connectivity index (χ0n) is 22.5. The number of anilines is 2. The van der Waals surface area contributed by atoms with Gasteiger partial charge in [0.2, 0.25) is 5.91 Å². The van der Waals surface area contributed by atoms with Gasteiger partial charge in [-0.05, 0) is 44.0 Å². The van der Waals surface area contributed by atoms with Gasteiger partial charge in [-0.1, -0.05) is 36.4 Å². The number of pyridine rings is 1. The molecule has 1 fully saturated rings. The molecule has 6 rings (SSSR count). The van der Waals surface area contributed by atoms with Gasteiger partial charge in [0.1, 0.15) is 11.4 Å². The third kappa shape index (κ3) is 5.25. The van der Waals surface area contributed by atoms with Gasteiger partial charge in [0.25, 0.3) is 0 Å². The number of fused-ring (bicyclic) bond motifs is 3. The van der Waals surface area contributed by atoms with E-state index in [1.54, 1.807) is 6.20 Å². The molecule has 2 aliphatic rings. The van der Waals surface area contributed by atoms with E-state index in [4.69, 9.17) is 9.84 Å². The number of carbonyl (C=O) groups is 1. The molecule has 0 atom stereocenters. The molecular formula is C31H34N6O2. The van der Waals surface area contributed by atoms with Crippen molar-refractivity contribution in [1.82, 2.24) is 20.1 Å². The Balaban J connectivity index is 1.38. The van der Waals surface area contributed by atoms with Crippen LogP contribution in [-0.4, -0.2) is 46.9 Å². The Morgan fingerprint density at radius 3 is 2.64 bits per heavy atom. The summed E-state index contributed by atoms with van der Waals surface area (Å²) >= 11 is 0. The molecule has 0 unspecified atom stereocenters. The highest BCUT2D eigenvalue weighted by atomic mass is 16.5. The van der Waals surface area contributed by atoms with Crippen molar-refractivity contribution >= 4 is 17.3 Å². The quantitative estimate of drug-likeness (QED) is 0.369. The minimum absolute atomic E-state index is 0.00513. The van der Waals surface area contributed by atoms with Crippen LogP contribution in [0.15, 0.2) is 73.1 Å². The summed E-state index contributed by atoms with van der Waals surface area (Å²) in [5.74, 6) is 0.792. The molecule has 200 valence electrons. The molecule has 2 aliphatic heterocycles. The molecule has 0 aliphatic carbocycles. The number of nitrogens with one attached hydrogen (secondary N) is 2. The van der Waals surface area contributed by atoms with Crippen molar-refractivity contribution in [2.75, 3.05) is 36.4 Å². The third-order valence-electron chi connectivity index (χ3n) is 7.46. The number of benzene rings is 2. The van der Waals surface area contributed by atoms with Crippen LogP contribution >= 0.6 is 0 Å². The average Bonchev–Trinajstić information content (AvgIpc) is 3.38. The molecule has 1 saturated heterocycles. The van der Waals surface area contributed by atoms with E-state index >= 15 is 0 Å². The first-order chi connectivity index (χ1) is 19.0. The van der Waals surface area contributed by atoms with Crippen LogP contribution in [0.5, 0.6) is 5.75 Å². The van der Waals surface area contributed by atoms with Gasteiger partial charge in [0.05, 0.1) is 35.5 Å². The first kappa shape index (κ1) is 25.1. The van der Waals surface area contributed by atoms with Gasteiger partial charge in [-0.3, -0.25) is 14.5 Å². The van der Waals surface area contributed by atoms with Gasteiger partial charge in [0, 0.05) is 56.0 Å². The van der Waals surface area contributed by atoms with Crippen molar-refractivity contribution in [3.63, 3.8) is 0 Å². The maximum Gasteiger partial charge on any atom is 0.224 e. The fourth-order valence-electron chi connectivity index (χ4n) is 5.43. The van der Waals surface area contributed by atoms with E-state index in [0.717, 1.165) is 71.4 Å². The summed E-state index contributed by atoms with van der Waals surface area (Å²) in [6.45, 7) is 8.20. The number of hydrogen-bond donors (Lipinski definition) is 2. The zero-order chi connectivity index (χ0) is 26.8. The number of piperazine rings is 1. The molecule has 2 aromatic carbocycles. The number of nitrogens with zero attached hydrogens (tertiary/aromatic N) is 4. The van der Waals surface area contributed by atoms with E-state index in [2.05, 4.69) is 58.6 Å². The Bertz CT molecular complexity index is 1460. The smallest absolute Gasteiger partial charge is 0.224 e. The number of aromatic nitrogens is 3. The highest BCUT2D eigenvalue weighted by molar-refractivity contribution is 5.97. The van der Waals surface area contributed by atoms with E-state index in [1.165, 1.54) is 0 Å². The van der Waals surface area contributed by atoms with E-state index in [9.17, 15) is 4.79 Å². The van der Waals surface area contributed by atoms with Gasteiger partial charge in [-0.2, -0.15) is 5.10 Å². The van der Waals surface area contributed by atoms with Crippen LogP contribution in [0.4, 0.5) is 11.4 Å². The Hall–Kier alpha value is -4.17. The predicted octanol–water partition coefficient (Wildman–Crippen LogP) is 4.60. The summed E-state index contributed by atoms with van der Waals surface area (Å²) in [7, 11) is 0. The Kier molecular flexibility index (Phi) is 6.79. The molecule has 4 heterocycles. The highest BCUT2D eigenvalue weighted by Gasteiger charge is 2.37. The topological polar surface area (TPSA) is 84.3 Å². The molecule has 0 radical (unpaired) electrons. The maximum atomic E-state index is 13.2. The molecule has 0 bridgehead atoms. The van der Waals surface area contributed by atoms with Crippen LogP contribution in [0.2, 0.25) is 0 Å². The maximum absolute atomic E-state index is 13.2. The van der Waals surface area contributed by atoms with Crippen molar-refractivity contribution in [2.45, 2.75) is 38.8 Å². The minimum Gasteiger partial charge on any atom is -0.482 e. The minimum atomic E-state index is -0.550. The molecule has 4 aromatic rings. The molecule has 0 saturated carbocycles. The fraction of sp³-hybridized carbons (Fsp3) is 0.323. The highest BCUT2D eigenvalue weighted by Crippen LogP contribution is 2.48. The summed E-state index contributed by atoms with van der Waals surface area (Å²) < 4.78 is 8.57. The first-order valence-corrected chi connectivity index (χ1v) is 13.6. The van der Waals surface area contributed by atoms with Crippen molar-refractivity contribution in [3.8, 4) is 17.0 Å². The average molecular weight is 523 g/mol. The van der Waals surface area contributed by atoms with Crippen LogP contribution in [-0.2, 0) is 23.4 Å². The summed E-state index contributed by atoms with van der Waals surface area (Å²) in [6, 6.07) is 20.2. The monoisotopic (exact) mass is 522 g/mol. The second-order valence-electron chi connectivity index (χ2n) is 10.6. The summed E-state index contributed by atoms with van der Waals surface area (Å²) in [4.78, 5) is 20.0. The number of hydrogen-bond acceptors (Lipinski definition) is 6. The van der Waals surface area contributed by atoms with Crippen molar-refractivity contribution in [2.24, 2.45) is 0 Å². The van der Waals surface area contributed by atoms with Gasteiger partial charge >= 0.3 is 0 Å². The van der Waals surface area contributed by atoms with Crippen molar-refractivity contribution in [3.05, 3.63) is 89.9 Å². The lowest BCUT2D eigenvalue weighted by molar-refractivity contribution is -0.116. The number of carbonyl (C=O) groups excluding carboxylic acids is 1. The summed E-state index contributed by atoms with van der Waals surface area (Å²) in [5, 5.41) is 11.4. The van der Waals surface area contributed by atoms with Crippen LogP contribution in [0.1, 0.15) is 37.1 Å². The van der Waals surface area contributed by atoms with Crippen LogP contribution in [0.25, 0.3) is 11.3 Å². The molecule has 2 aromatic heterocycles. The van der Waals surface area contributed by atoms with E-state index in [1.807, 2.05) is 47.3 Å². The first-order valence-electron chi connectivity index (χ1n) is 13.6. The van der Waals surface area contributed by atoms with Crippen LogP contribution in [0, 0.1) is 0 Å². The van der Waals surface area contributed by atoms with Crippen LogP contribution < -0.4 is 20.3 Å². The fourth-order valence-corrected chi connectivity index (χ4v) is 5.43. The molecule has 39 heavy (non-hydrogen) atoms. The SMILES string of the molecule is CC1(C)Oc2cc(N3CCNCC3)c(NC(=O)CCc3ccccc3)cc2-c2c1cnn2Cc1ccccn1. The molecule has 0 spiro atoms. The number of ether oxygens (including phenoxy) is 1. The lowest BCUT2D eigenvalue weighted by atomic mass is 9.90. The predicted molar refractivity (Wildman–Crippen MR) is 153 cm³/mol. The van der Waals surface area contributed by atoms with Gasteiger partial charge < -0.3 is 20.3 Å². The largest absolute Gasteiger partial charge is 0.482 e. The molecule has 2 N–H and O–H groups in total. The lowest BCUT2D eigenvalue weighted by Crippen LogP contribution is -2.44. The summed E-state index contributed by atoms with van der Waals surface area (Å²) in [5.41, 5.74) is 6.26. The van der Waals surface area contributed by atoms with Gasteiger partial charge in [-0.15, -0.1) is 0 Å². The van der Waals surface area contributed by atoms with Gasteiger partial charge in [0.15, 0.2) is 0 Å². The second-order valence-corrected chi connectivity index (χ2v) is 10.6. The molecular weight excluding hydrogens is 488 g/mol. The third-order valence-corrected chi connectivity index (χ3v) is 7.46. The van der Waals surface area contributed by atoms with Crippen LogP contribution in [0.3, 0.4) is 0 Å². The Morgan fingerprint density at radius 1 is 1.08 bits per heavy atom. The molecule has 8 heteroatoms. The number of rotatable bonds is 7. The summed E-state index contributed by atoms with van der Waals surface area (Å²) in [6.07, 6.45) is 4.80.